The Morgan fingerprint density at radius 2 is 1.94 bits per heavy atom. The lowest BCUT2D eigenvalue weighted by Crippen LogP contribution is -2.29. The monoisotopic (exact) mass is 231 g/mol. The van der Waals surface area contributed by atoms with E-state index in [0.717, 1.165) is 13.0 Å². The van der Waals surface area contributed by atoms with Crippen molar-refractivity contribution in [2.45, 2.75) is 39.3 Å². The minimum absolute atomic E-state index is 0.129. The minimum atomic E-state index is -0.129. The molecule has 1 aliphatic carbocycles. The van der Waals surface area contributed by atoms with E-state index in [1.165, 1.54) is 5.56 Å². The fraction of sp³-hybridized carbons (Fsp3) is 0.533. The number of nitrogens with zero attached hydrogens (tertiary/aromatic N) is 1. The summed E-state index contributed by atoms with van der Waals surface area (Å²) in [5.41, 5.74) is 1.18. The Balaban J connectivity index is 1.98. The second-order valence-electron chi connectivity index (χ2n) is 5.77. The van der Waals surface area contributed by atoms with Crippen molar-refractivity contribution in [2.75, 3.05) is 7.05 Å². The first-order chi connectivity index (χ1) is 7.99. The molecule has 1 unspecified atom stereocenters. The van der Waals surface area contributed by atoms with E-state index in [9.17, 15) is 4.79 Å². The van der Waals surface area contributed by atoms with Crippen LogP contribution in [-0.4, -0.2) is 23.8 Å². The average molecular weight is 231 g/mol. The number of ketones is 1. The van der Waals surface area contributed by atoms with Gasteiger partial charge in [0.2, 0.25) is 0 Å². The van der Waals surface area contributed by atoms with E-state index in [1.807, 2.05) is 6.07 Å². The molecule has 1 fully saturated rings. The fourth-order valence-corrected chi connectivity index (χ4v) is 2.58. The fourth-order valence-electron chi connectivity index (χ4n) is 2.58. The maximum atomic E-state index is 11.8. The van der Waals surface area contributed by atoms with Gasteiger partial charge in [-0.3, -0.25) is 9.69 Å². The van der Waals surface area contributed by atoms with Gasteiger partial charge in [-0.1, -0.05) is 44.2 Å². The molecule has 0 aromatic heterocycles. The van der Waals surface area contributed by atoms with Gasteiger partial charge < -0.3 is 0 Å². The van der Waals surface area contributed by atoms with Crippen LogP contribution >= 0.6 is 0 Å². The number of hydrogen-bond acceptors (Lipinski definition) is 2. The molecule has 1 aromatic rings. The zero-order chi connectivity index (χ0) is 12.5. The lowest BCUT2D eigenvalue weighted by atomic mass is 9.90. The molecule has 0 aliphatic heterocycles. The van der Waals surface area contributed by atoms with E-state index in [-0.39, 0.29) is 5.41 Å². The summed E-state index contributed by atoms with van der Waals surface area (Å²) in [4.78, 5) is 14.1. The molecule has 92 valence electrons. The van der Waals surface area contributed by atoms with E-state index in [0.29, 0.717) is 18.2 Å². The molecule has 1 aliphatic rings. The summed E-state index contributed by atoms with van der Waals surface area (Å²) in [5, 5.41) is 0. The van der Waals surface area contributed by atoms with E-state index < -0.39 is 0 Å². The lowest BCUT2D eigenvalue weighted by Gasteiger charge is -2.25. The molecule has 1 atom stereocenters. The van der Waals surface area contributed by atoms with Crippen LogP contribution in [0.4, 0.5) is 0 Å². The normalized spacial score (nSPS) is 23.3. The molecule has 1 aromatic carbocycles. The molecule has 0 bridgehead atoms. The summed E-state index contributed by atoms with van der Waals surface area (Å²) in [6, 6.07) is 10.8. The second kappa shape index (κ2) is 4.61. The van der Waals surface area contributed by atoms with Crippen molar-refractivity contribution in [3.8, 4) is 0 Å². The second-order valence-corrected chi connectivity index (χ2v) is 5.77. The zero-order valence-electron chi connectivity index (χ0n) is 10.9. The molecule has 2 heteroatoms. The van der Waals surface area contributed by atoms with Gasteiger partial charge in [0.15, 0.2) is 0 Å². The SMILES string of the molecule is CN(Cc1ccccc1)C1CC(=O)C(C)(C)C1. The molecule has 0 spiro atoms. The van der Waals surface area contributed by atoms with Crippen molar-refractivity contribution < 1.29 is 4.79 Å². The van der Waals surface area contributed by atoms with E-state index in [4.69, 9.17) is 0 Å². The predicted octanol–water partition coefficient (Wildman–Crippen LogP) is 2.88. The third-order valence-electron chi connectivity index (χ3n) is 3.82. The number of benzene rings is 1. The summed E-state index contributed by atoms with van der Waals surface area (Å²) in [6.07, 6.45) is 1.69. The van der Waals surface area contributed by atoms with Gasteiger partial charge in [0.25, 0.3) is 0 Å². The van der Waals surface area contributed by atoms with E-state index in [2.05, 4.69) is 50.1 Å². The first-order valence-corrected chi connectivity index (χ1v) is 6.26. The molecule has 2 rings (SSSR count). The molecule has 17 heavy (non-hydrogen) atoms. The Kier molecular flexibility index (Phi) is 3.34. The van der Waals surface area contributed by atoms with Crippen LogP contribution in [0.25, 0.3) is 0 Å². The van der Waals surface area contributed by atoms with Crippen molar-refractivity contribution in [3.63, 3.8) is 0 Å². The summed E-state index contributed by atoms with van der Waals surface area (Å²) >= 11 is 0. The molecule has 0 saturated heterocycles. The Morgan fingerprint density at radius 1 is 1.29 bits per heavy atom. The molecule has 0 heterocycles. The van der Waals surface area contributed by atoms with Crippen LogP contribution in [0.1, 0.15) is 32.3 Å². The number of carbonyl (C=O) groups excluding carboxylic acids is 1. The van der Waals surface area contributed by atoms with Crippen molar-refractivity contribution in [1.29, 1.82) is 0 Å². The van der Waals surface area contributed by atoms with Crippen LogP contribution in [0.2, 0.25) is 0 Å². The molecular formula is C15H21NO. The molecule has 0 N–H and O–H groups in total. The van der Waals surface area contributed by atoms with Crippen molar-refractivity contribution in [1.82, 2.24) is 4.90 Å². The largest absolute Gasteiger partial charge is 0.299 e. The Hall–Kier alpha value is -1.15. The number of hydrogen-bond donors (Lipinski definition) is 0. The van der Waals surface area contributed by atoms with Gasteiger partial charge in [-0.15, -0.1) is 0 Å². The van der Waals surface area contributed by atoms with Gasteiger partial charge in [-0.2, -0.15) is 0 Å². The number of Topliss-reactive ketones (excluding diaryl/α,β-unsaturated/α-hetero) is 1. The van der Waals surface area contributed by atoms with Crippen LogP contribution in [0, 0.1) is 5.41 Å². The predicted molar refractivity (Wildman–Crippen MR) is 69.7 cm³/mol. The Morgan fingerprint density at radius 3 is 2.47 bits per heavy atom. The average Bonchev–Trinajstić information content (AvgIpc) is 2.55. The van der Waals surface area contributed by atoms with Crippen LogP contribution < -0.4 is 0 Å². The first-order valence-electron chi connectivity index (χ1n) is 6.26. The van der Waals surface area contributed by atoms with Crippen LogP contribution in [-0.2, 0) is 11.3 Å². The molecule has 0 radical (unpaired) electrons. The van der Waals surface area contributed by atoms with Gasteiger partial charge in [-0.05, 0) is 19.0 Å². The van der Waals surface area contributed by atoms with Crippen LogP contribution in [0.3, 0.4) is 0 Å². The van der Waals surface area contributed by atoms with E-state index >= 15 is 0 Å². The van der Waals surface area contributed by atoms with Crippen LogP contribution in [0.15, 0.2) is 30.3 Å². The van der Waals surface area contributed by atoms with Crippen LogP contribution in [0.5, 0.6) is 0 Å². The van der Waals surface area contributed by atoms with Crippen molar-refractivity contribution in [2.24, 2.45) is 5.41 Å². The third kappa shape index (κ3) is 2.75. The highest BCUT2D eigenvalue weighted by Crippen LogP contribution is 2.36. The van der Waals surface area contributed by atoms with Crippen molar-refractivity contribution >= 4 is 5.78 Å². The number of carbonyl (C=O) groups is 1. The number of rotatable bonds is 3. The minimum Gasteiger partial charge on any atom is -0.299 e. The summed E-state index contributed by atoms with van der Waals surface area (Å²) in [6.45, 7) is 5.05. The summed E-state index contributed by atoms with van der Waals surface area (Å²) in [7, 11) is 2.12. The van der Waals surface area contributed by atoms with Gasteiger partial charge in [0.05, 0.1) is 0 Å². The highest BCUT2D eigenvalue weighted by Gasteiger charge is 2.40. The Bertz CT molecular complexity index is 397. The highest BCUT2D eigenvalue weighted by molar-refractivity contribution is 5.86. The van der Waals surface area contributed by atoms with Gasteiger partial charge in [-0.25, -0.2) is 0 Å². The molecule has 1 saturated carbocycles. The van der Waals surface area contributed by atoms with E-state index in [1.54, 1.807) is 0 Å². The third-order valence-corrected chi connectivity index (χ3v) is 3.82. The molecular weight excluding hydrogens is 210 g/mol. The first kappa shape index (κ1) is 12.3. The quantitative estimate of drug-likeness (QED) is 0.797. The standard InChI is InChI=1S/C15H21NO/c1-15(2)10-13(9-14(15)17)16(3)11-12-7-5-4-6-8-12/h4-8,13H,9-11H2,1-3H3. The topological polar surface area (TPSA) is 20.3 Å². The smallest absolute Gasteiger partial charge is 0.140 e. The van der Waals surface area contributed by atoms with Gasteiger partial charge in [0, 0.05) is 24.4 Å². The van der Waals surface area contributed by atoms with Gasteiger partial charge >= 0.3 is 0 Å². The summed E-state index contributed by atoms with van der Waals surface area (Å²) < 4.78 is 0. The summed E-state index contributed by atoms with van der Waals surface area (Å²) in [5.74, 6) is 0.405. The highest BCUT2D eigenvalue weighted by atomic mass is 16.1. The molecule has 2 nitrogen and oxygen atoms in total. The maximum absolute atomic E-state index is 11.8. The Labute approximate surface area is 104 Å². The van der Waals surface area contributed by atoms with Gasteiger partial charge in [0.1, 0.15) is 5.78 Å². The maximum Gasteiger partial charge on any atom is 0.140 e. The molecule has 0 amide bonds. The lowest BCUT2D eigenvalue weighted by molar-refractivity contribution is -0.124. The van der Waals surface area contributed by atoms with Crippen molar-refractivity contribution in [3.05, 3.63) is 35.9 Å². The zero-order valence-corrected chi connectivity index (χ0v) is 10.9.